The molecule has 0 saturated heterocycles. The lowest BCUT2D eigenvalue weighted by atomic mass is 10.1. The van der Waals surface area contributed by atoms with E-state index in [9.17, 15) is 28.3 Å². The summed E-state index contributed by atoms with van der Waals surface area (Å²) in [7, 11) is 1.61. The fraction of sp³-hybridized carbons (Fsp3) is 0.156. The molecule has 222 valence electrons. The van der Waals surface area contributed by atoms with Crippen molar-refractivity contribution in [3.63, 3.8) is 0 Å². The van der Waals surface area contributed by atoms with Gasteiger partial charge in [0.2, 0.25) is 5.95 Å². The molecule has 2 aromatic heterocycles. The van der Waals surface area contributed by atoms with Crippen LogP contribution in [0.3, 0.4) is 0 Å². The van der Waals surface area contributed by atoms with Crippen LogP contribution in [0.25, 0.3) is 10.9 Å². The topological polar surface area (TPSA) is 131 Å². The number of carbonyl (C=O) groups is 2. The highest BCUT2D eigenvalue weighted by molar-refractivity contribution is 5.95. The zero-order valence-corrected chi connectivity index (χ0v) is 23.9. The molecule has 0 fully saturated rings. The molecule has 2 heterocycles. The van der Waals surface area contributed by atoms with Gasteiger partial charge >= 0.3 is 5.97 Å². The van der Waals surface area contributed by atoms with Gasteiger partial charge in [-0.25, -0.2) is 28.2 Å². The number of nitrogens with zero attached hydrogens (tertiary/aromatic N) is 4. The number of carboxylic acids is 1. The van der Waals surface area contributed by atoms with Gasteiger partial charge in [0.25, 0.3) is 11.5 Å². The summed E-state index contributed by atoms with van der Waals surface area (Å²) in [6.45, 7) is 3.28. The van der Waals surface area contributed by atoms with E-state index in [0.717, 1.165) is 17.5 Å². The van der Waals surface area contributed by atoms with E-state index in [1.54, 1.807) is 57.4 Å². The maximum atomic E-state index is 13.6. The second-order valence-electron chi connectivity index (χ2n) is 10.0. The summed E-state index contributed by atoms with van der Waals surface area (Å²) in [6.07, 6.45) is 1.64. The summed E-state index contributed by atoms with van der Waals surface area (Å²) in [4.78, 5) is 45.9. The Morgan fingerprint density at radius 3 is 2.55 bits per heavy atom. The van der Waals surface area contributed by atoms with E-state index in [-0.39, 0.29) is 24.2 Å². The number of hydrogen-bond acceptors (Lipinski definition) is 6. The van der Waals surface area contributed by atoms with Crippen LogP contribution in [0.5, 0.6) is 0 Å². The number of fused-ring (bicyclic) bond motifs is 1. The van der Waals surface area contributed by atoms with Crippen molar-refractivity contribution in [3.05, 3.63) is 116 Å². The molecule has 10 nitrogen and oxygen atoms in total. The van der Waals surface area contributed by atoms with Gasteiger partial charge in [-0.2, -0.15) is 0 Å². The lowest BCUT2D eigenvalue weighted by Crippen LogP contribution is -2.31. The van der Waals surface area contributed by atoms with E-state index in [2.05, 4.69) is 32.4 Å². The van der Waals surface area contributed by atoms with Crippen LogP contribution in [-0.2, 0) is 13.6 Å². The molecular formula is C32H26F2N6O4. The first-order valence-electron chi connectivity index (χ1n) is 13.4. The Labute approximate surface area is 250 Å². The second-order valence-corrected chi connectivity index (χ2v) is 10.0. The molecule has 0 radical (unpaired) electrons. The standard InChI is InChI=1S/C32H26F2N6O4/c1-18-13-23(8-9-24(18)31(43)44)37-32-36-16-22-14-20(7-11-27(22)38-32)5-4-12-35-29(41)28-19(2)39(3)40(30(28)42)17-21-6-10-25(33)26(34)15-21/h6-11,13-16H,12,17H2,1-3H3,(H,35,41)(H,43,44)(H,36,37,38). The average Bonchev–Trinajstić information content (AvgIpc) is 3.19. The number of aryl methyl sites for hydroxylation is 1. The molecule has 0 bridgehead atoms. The van der Waals surface area contributed by atoms with Crippen LogP contribution < -0.4 is 16.2 Å². The zero-order chi connectivity index (χ0) is 31.5. The molecule has 0 aliphatic rings. The third-order valence-corrected chi connectivity index (χ3v) is 7.06. The zero-order valence-electron chi connectivity index (χ0n) is 23.9. The Bertz CT molecular complexity index is 2070. The number of nitrogens with one attached hydrogen (secondary N) is 2. The quantitative estimate of drug-likeness (QED) is 0.239. The Kier molecular flexibility index (Phi) is 8.21. The minimum absolute atomic E-state index is 0.0206. The van der Waals surface area contributed by atoms with Crippen molar-refractivity contribution in [3.8, 4) is 11.8 Å². The van der Waals surface area contributed by atoms with Crippen molar-refractivity contribution < 1.29 is 23.5 Å². The first-order chi connectivity index (χ1) is 21.0. The molecule has 12 heteroatoms. The Morgan fingerprint density at radius 1 is 1.02 bits per heavy atom. The Morgan fingerprint density at radius 2 is 1.82 bits per heavy atom. The van der Waals surface area contributed by atoms with Gasteiger partial charge in [-0.1, -0.05) is 17.9 Å². The van der Waals surface area contributed by atoms with E-state index in [1.165, 1.54) is 21.5 Å². The van der Waals surface area contributed by atoms with Gasteiger partial charge in [0.15, 0.2) is 11.6 Å². The monoisotopic (exact) mass is 596 g/mol. The molecule has 3 N–H and O–H groups in total. The van der Waals surface area contributed by atoms with Crippen LogP contribution in [0, 0.1) is 37.3 Å². The number of benzene rings is 3. The number of halogens is 2. The van der Waals surface area contributed by atoms with Gasteiger partial charge < -0.3 is 15.7 Å². The number of aromatic carboxylic acids is 1. The fourth-order valence-electron chi connectivity index (χ4n) is 4.65. The Hall–Kier alpha value is -5.83. The van der Waals surface area contributed by atoms with Crippen LogP contribution in [0.4, 0.5) is 20.4 Å². The SMILES string of the molecule is Cc1cc(Nc2ncc3cc(C#CCNC(=O)c4c(C)n(C)n(Cc5ccc(F)c(F)c5)c4=O)ccc3n2)ccc1C(=O)O. The van der Waals surface area contributed by atoms with Crippen molar-refractivity contribution in [1.82, 2.24) is 24.6 Å². The van der Waals surface area contributed by atoms with E-state index in [4.69, 9.17) is 0 Å². The van der Waals surface area contributed by atoms with E-state index in [1.807, 2.05) is 0 Å². The maximum absolute atomic E-state index is 13.6. The molecule has 5 aromatic rings. The van der Waals surface area contributed by atoms with Crippen molar-refractivity contribution >= 4 is 34.4 Å². The average molecular weight is 597 g/mol. The highest BCUT2D eigenvalue weighted by Gasteiger charge is 2.21. The summed E-state index contributed by atoms with van der Waals surface area (Å²) in [5, 5.41) is 15.7. The fourth-order valence-corrected chi connectivity index (χ4v) is 4.65. The number of carboxylic acid groups (broad SMARTS) is 1. The number of carbonyl (C=O) groups excluding carboxylic acids is 1. The van der Waals surface area contributed by atoms with Gasteiger partial charge in [-0.15, -0.1) is 0 Å². The van der Waals surface area contributed by atoms with E-state index in [0.29, 0.717) is 39.5 Å². The summed E-state index contributed by atoms with van der Waals surface area (Å²) >= 11 is 0. The molecule has 0 atom stereocenters. The van der Waals surface area contributed by atoms with Gasteiger partial charge in [0.05, 0.1) is 24.2 Å². The van der Waals surface area contributed by atoms with Gasteiger partial charge in [0.1, 0.15) is 5.56 Å². The van der Waals surface area contributed by atoms with Gasteiger partial charge in [-0.05, 0) is 73.5 Å². The minimum atomic E-state index is -1.02. The molecule has 0 saturated carbocycles. The molecule has 1 amide bonds. The molecule has 0 spiro atoms. The molecule has 44 heavy (non-hydrogen) atoms. The lowest BCUT2D eigenvalue weighted by molar-refractivity contribution is 0.0695. The molecule has 5 rings (SSSR count). The predicted octanol–water partition coefficient (Wildman–Crippen LogP) is 4.30. The van der Waals surface area contributed by atoms with Crippen molar-refractivity contribution in [2.45, 2.75) is 20.4 Å². The summed E-state index contributed by atoms with van der Waals surface area (Å²) in [6, 6.07) is 13.6. The Balaban J connectivity index is 1.24. The second kappa shape index (κ2) is 12.2. The van der Waals surface area contributed by atoms with Crippen molar-refractivity contribution in [2.75, 3.05) is 11.9 Å². The molecule has 0 aliphatic heterocycles. The molecule has 0 unspecified atom stereocenters. The smallest absolute Gasteiger partial charge is 0.335 e. The molecular weight excluding hydrogens is 570 g/mol. The summed E-state index contributed by atoms with van der Waals surface area (Å²) in [5.74, 6) is 2.60. The first kappa shape index (κ1) is 29.7. The van der Waals surface area contributed by atoms with Crippen LogP contribution in [0.15, 0.2) is 65.6 Å². The summed E-state index contributed by atoms with van der Waals surface area (Å²) in [5.41, 5.74) is 2.99. The van der Waals surface area contributed by atoms with Crippen LogP contribution >= 0.6 is 0 Å². The number of anilines is 2. The third kappa shape index (κ3) is 6.17. The van der Waals surface area contributed by atoms with E-state index >= 15 is 0 Å². The van der Waals surface area contributed by atoms with Crippen LogP contribution in [0.1, 0.15) is 43.1 Å². The van der Waals surface area contributed by atoms with Crippen molar-refractivity contribution in [1.29, 1.82) is 0 Å². The highest BCUT2D eigenvalue weighted by atomic mass is 19.2. The predicted molar refractivity (Wildman–Crippen MR) is 160 cm³/mol. The molecule has 0 aliphatic carbocycles. The number of amides is 1. The molecule has 3 aromatic carbocycles. The number of aromatic nitrogens is 4. The normalized spacial score (nSPS) is 10.8. The lowest BCUT2D eigenvalue weighted by Gasteiger charge is -2.08. The number of hydrogen-bond donors (Lipinski definition) is 3. The first-order valence-corrected chi connectivity index (χ1v) is 13.4. The van der Waals surface area contributed by atoms with E-state index < -0.39 is 29.1 Å². The maximum Gasteiger partial charge on any atom is 0.335 e. The number of rotatable bonds is 7. The largest absolute Gasteiger partial charge is 0.478 e. The van der Waals surface area contributed by atoms with Crippen LogP contribution in [0.2, 0.25) is 0 Å². The summed E-state index contributed by atoms with van der Waals surface area (Å²) < 4.78 is 29.7. The van der Waals surface area contributed by atoms with Gasteiger partial charge in [0, 0.05) is 35.6 Å². The minimum Gasteiger partial charge on any atom is -0.478 e. The third-order valence-electron chi connectivity index (χ3n) is 7.06. The van der Waals surface area contributed by atoms with Gasteiger partial charge in [-0.3, -0.25) is 14.3 Å². The van der Waals surface area contributed by atoms with Crippen LogP contribution in [-0.4, -0.2) is 42.9 Å². The highest BCUT2D eigenvalue weighted by Crippen LogP contribution is 2.20. The van der Waals surface area contributed by atoms with Crippen molar-refractivity contribution in [2.24, 2.45) is 7.05 Å².